The highest BCUT2D eigenvalue weighted by molar-refractivity contribution is 7.18. The molecule has 6 nitrogen and oxygen atoms in total. The van der Waals surface area contributed by atoms with E-state index in [1.54, 1.807) is 47.4 Å². The Morgan fingerprint density at radius 2 is 1.73 bits per heavy atom. The Labute approximate surface area is 178 Å². The Hall–Kier alpha value is -3.06. The maximum Gasteiger partial charge on any atom is 0.262 e. The Morgan fingerprint density at radius 1 is 1.07 bits per heavy atom. The highest BCUT2D eigenvalue weighted by Crippen LogP contribution is 2.33. The molecule has 3 heterocycles. The number of carbonyl (C=O) groups is 3. The molecule has 0 aliphatic carbocycles. The lowest BCUT2D eigenvalue weighted by atomic mass is 9.98. The smallest absolute Gasteiger partial charge is 0.262 e. The molecule has 0 unspecified atom stereocenters. The molecule has 2 aliphatic rings. The topological polar surface area (TPSA) is 70.6 Å². The number of rotatable bonds is 3. The van der Waals surface area contributed by atoms with Crippen molar-refractivity contribution < 1.29 is 14.4 Å². The third-order valence-corrected chi connectivity index (χ3v) is 7.16. The lowest BCUT2D eigenvalue weighted by molar-refractivity contribution is -0.136. The van der Waals surface area contributed by atoms with Crippen LogP contribution in [0.4, 0.5) is 0 Å². The van der Waals surface area contributed by atoms with Crippen LogP contribution in [0.5, 0.6) is 0 Å². The van der Waals surface area contributed by atoms with Gasteiger partial charge in [0.1, 0.15) is 6.04 Å². The third kappa shape index (κ3) is 3.01. The van der Waals surface area contributed by atoms with E-state index in [0.717, 1.165) is 33.0 Å². The number of carbonyl (C=O) groups excluding carboxylic acids is 3. The van der Waals surface area contributed by atoms with Crippen molar-refractivity contribution >= 4 is 39.3 Å². The predicted octanol–water partition coefficient (Wildman–Crippen LogP) is 3.69. The number of likely N-dealkylation sites (tertiary alicyclic amines) is 1. The number of piperidine rings is 1. The number of para-hydroxylation sites is 1. The van der Waals surface area contributed by atoms with Gasteiger partial charge in [-0.05, 0) is 44.0 Å². The van der Waals surface area contributed by atoms with Gasteiger partial charge in [0.15, 0.2) is 0 Å². The summed E-state index contributed by atoms with van der Waals surface area (Å²) in [6.45, 7) is 2.84. The number of nitrogens with zero attached hydrogens (tertiary/aromatic N) is 3. The molecule has 0 saturated carbocycles. The number of thiazole rings is 1. The number of hydrogen-bond donors (Lipinski definition) is 0. The fraction of sp³-hybridized carbons (Fsp3) is 0.304. The SMILES string of the molecule is C[C@H](C(=O)N1CCC[C@@H](c2nc3ccccc3s2)C1)N1C(=O)c2ccccc2C1=O. The standard InChI is InChI=1S/C23H21N3O3S/c1-14(26-22(28)16-8-2-3-9-17(16)23(26)29)21(27)25-12-6-7-15(13-25)20-24-18-10-4-5-11-19(18)30-20/h2-5,8-11,14-15H,6-7,12-13H2,1H3/t14-,15-/m1/s1. The zero-order valence-corrected chi connectivity index (χ0v) is 17.4. The van der Waals surface area contributed by atoms with Gasteiger partial charge in [0.25, 0.3) is 11.8 Å². The molecule has 3 amide bonds. The van der Waals surface area contributed by atoms with E-state index in [1.807, 2.05) is 18.2 Å². The molecule has 0 spiro atoms. The molecule has 152 valence electrons. The zero-order valence-electron chi connectivity index (χ0n) is 16.6. The summed E-state index contributed by atoms with van der Waals surface area (Å²) in [4.78, 5) is 46.4. The number of hydrogen-bond acceptors (Lipinski definition) is 5. The monoisotopic (exact) mass is 419 g/mol. The molecule has 1 saturated heterocycles. The molecule has 2 atom stereocenters. The average molecular weight is 420 g/mol. The summed E-state index contributed by atoms with van der Waals surface area (Å²) in [6, 6.07) is 14.0. The van der Waals surface area contributed by atoms with Crippen LogP contribution in [0.1, 0.15) is 51.4 Å². The molecule has 7 heteroatoms. The van der Waals surface area contributed by atoms with E-state index in [4.69, 9.17) is 4.98 Å². The van der Waals surface area contributed by atoms with Crippen LogP contribution in [0.2, 0.25) is 0 Å². The van der Waals surface area contributed by atoms with Crippen molar-refractivity contribution in [3.05, 3.63) is 64.7 Å². The summed E-state index contributed by atoms with van der Waals surface area (Å²) in [5.41, 5.74) is 1.72. The first-order valence-corrected chi connectivity index (χ1v) is 11.0. The van der Waals surface area contributed by atoms with E-state index >= 15 is 0 Å². The second kappa shape index (κ2) is 7.32. The summed E-state index contributed by atoms with van der Waals surface area (Å²) in [7, 11) is 0. The first kappa shape index (κ1) is 18.9. The van der Waals surface area contributed by atoms with Crippen LogP contribution in [0.3, 0.4) is 0 Å². The van der Waals surface area contributed by atoms with E-state index < -0.39 is 17.9 Å². The minimum absolute atomic E-state index is 0.175. The van der Waals surface area contributed by atoms with Crippen molar-refractivity contribution in [2.75, 3.05) is 13.1 Å². The Balaban J connectivity index is 1.34. The van der Waals surface area contributed by atoms with Crippen molar-refractivity contribution in [2.45, 2.75) is 31.7 Å². The predicted molar refractivity (Wildman–Crippen MR) is 115 cm³/mol. The lowest BCUT2D eigenvalue weighted by Gasteiger charge is -2.35. The van der Waals surface area contributed by atoms with Crippen molar-refractivity contribution in [1.29, 1.82) is 0 Å². The normalized spacial score (nSPS) is 20.0. The first-order chi connectivity index (χ1) is 14.5. The number of imide groups is 1. The fourth-order valence-electron chi connectivity index (χ4n) is 4.38. The second-order valence-corrected chi connectivity index (χ2v) is 8.91. The van der Waals surface area contributed by atoms with Crippen molar-refractivity contribution in [2.24, 2.45) is 0 Å². The van der Waals surface area contributed by atoms with Crippen LogP contribution in [-0.4, -0.2) is 51.6 Å². The van der Waals surface area contributed by atoms with E-state index in [-0.39, 0.29) is 11.8 Å². The van der Waals surface area contributed by atoms with E-state index in [2.05, 4.69) is 6.07 Å². The molecule has 3 aromatic rings. The Morgan fingerprint density at radius 3 is 2.43 bits per heavy atom. The van der Waals surface area contributed by atoms with Gasteiger partial charge in [0.05, 0.1) is 26.4 Å². The Bertz CT molecular complexity index is 1100. The highest BCUT2D eigenvalue weighted by Gasteiger charge is 2.42. The van der Waals surface area contributed by atoms with E-state index in [0.29, 0.717) is 24.2 Å². The molecule has 1 aromatic heterocycles. The molecule has 30 heavy (non-hydrogen) atoms. The molecular weight excluding hydrogens is 398 g/mol. The summed E-state index contributed by atoms with van der Waals surface area (Å²) >= 11 is 1.68. The van der Waals surface area contributed by atoms with Gasteiger partial charge in [-0.2, -0.15) is 0 Å². The van der Waals surface area contributed by atoms with Gasteiger partial charge in [-0.3, -0.25) is 19.3 Å². The van der Waals surface area contributed by atoms with Crippen molar-refractivity contribution in [3.8, 4) is 0 Å². The van der Waals surface area contributed by atoms with Crippen LogP contribution in [-0.2, 0) is 4.79 Å². The van der Waals surface area contributed by atoms with Gasteiger partial charge >= 0.3 is 0 Å². The molecule has 0 radical (unpaired) electrons. The van der Waals surface area contributed by atoms with Crippen LogP contribution < -0.4 is 0 Å². The number of fused-ring (bicyclic) bond motifs is 2. The quantitative estimate of drug-likeness (QED) is 0.607. The number of benzene rings is 2. The van der Waals surface area contributed by atoms with Crippen molar-refractivity contribution in [1.82, 2.24) is 14.8 Å². The summed E-state index contributed by atoms with van der Waals surface area (Å²) in [5.74, 6) is -0.794. The molecule has 1 fully saturated rings. The largest absolute Gasteiger partial charge is 0.340 e. The highest BCUT2D eigenvalue weighted by atomic mass is 32.1. The van der Waals surface area contributed by atoms with Gasteiger partial charge in [-0.1, -0.05) is 24.3 Å². The summed E-state index contributed by atoms with van der Waals surface area (Å²) in [5, 5.41) is 1.04. The molecule has 5 rings (SSSR count). The van der Waals surface area contributed by atoms with Gasteiger partial charge < -0.3 is 4.90 Å². The van der Waals surface area contributed by atoms with Gasteiger partial charge in [-0.15, -0.1) is 11.3 Å². The van der Waals surface area contributed by atoms with E-state index in [1.165, 1.54) is 0 Å². The molecule has 0 N–H and O–H groups in total. The fourth-order valence-corrected chi connectivity index (χ4v) is 5.47. The minimum Gasteiger partial charge on any atom is -0.340 e. The van der Waals surface area contributed by atoms with Crippen LogP contribution in [0.25, 0.3) is 10.2 Å². The van der Waals surface area contributed by atoms with Crippen molar-refractivity contribution in [3.63, 3.8) is 0 Å². The maximum atomic E-state index is 13.2. The molecule has 2 aromatic carbocycles. The summed E-state index contributed by atoms with van der Waals surface area (Å²) in [6.07, 6.45) is 1.85. The molecule has 0 bridgehead atoms. The second-order valence-electron chi connectivity index (χ2n) is 7.85. The first-order valence-electron chi connectivity index (χ1n) is 10.2. The molecular formula is C23H21N3O3S. The van der Waals surface area contributed by atoms with Gasteiger partial charge in [0.2, 0.25) is 5.91 Å². The zero-order chi connectivity index (χ0) is 20.8. The number of aromatic nitrogens is 1. The summed E-state index contributed by atoms with van der Waals surface area (Å²) < 4.78 is 1.15. The third-order valence-electron chi connectivity index (χ3n) is 5.96. The Kier molecular flexibility index (Phi) is 4.62. The maximum absolute atomic E-state index is 13.2. The van der Waals surface area contributed by atoms with Crippen LogP contribution in [0.15, 0.2) is 48.5 Å². The number of amides is 3. The minimum atomic E-state index is -0.827. The van der Waals surface area contributed by atoms with Gasteiger partial charge in [0, 0.05) is 19.0 Å². The lowest BCUT2D eigenvalue weighted by Crippen LogP contribution is -2.51. The van der Waals surface area contributed by atoms with Crippen LogP contribution >= 0.6 is 11.3 Å². The average Bonchev–Trinajstić information content (AvgIpc) is 3.32. The van der Waals surface area contributed by atoms with Gasteiger partial charge in [-0.25, -0.2) is 4.98 Å². The van der Waals surface area contributed by atoms with Crippen LogP contribution in [0, 0.1) is 0 Å². The molecule has 2 aliphatic heterocycles. The van der Waals surface area contributed by atoms with E-state index in [9.17, 15) is 14.4 Å².